The Kier molecular flexibility index (Phi) is 1.37. The summed E-state index contributed by atoms with van der Waals surface area (Å²) in [5, 5.41) is 0. The molecule has 0 aromatic heterocycles. The van der Waals surface area contributed by atoms with Gasteiger partial charge >= 0.3 is 0 Å². The number of rotatable bonds is 1. The van der Waals surface area contributed by atoms with Crippen molar-refractivity contribution in [2.75, 3.05) is 0 Å². The first-order chi connectivity index (χ1) is 5.77. The minimum atomic E-state index is -0.429. The van der Waals surface area contributed by atoms with E-state index >= 15 is 0 Å². The van der Waals surface area contributed by atoms with Crippen LogP contribution in [0.15, 0.2) is 34.9 Å². The van der Waals surface area contributed by atoms with Crippen LogP contribution < -0.4 is 5.73 Å². The molecule has 2 N–H and O–H groups in total. The molecule has 0 unspecified atom stereocenters. The van der Waals surface area contributed by atoms with Crippen LogP contribution in [-0.2, 0) is 0 Å². The van der Waals surface area contributed by atoms with Crippen LogP contribution in [0.3, 0.4) is 0 Å². The maximum atomic E-state index is 10.8. The Bertz CT molecular complexity index is 362. The van der Waals surface area contributed by atoms with Gasteiger partial charge in [0.25, 0.3) is 0 Å². The van der Waals surface area contributed by atoms with Gasteiger partial charge in [0, 0.05) is 11.1 Å². The summed E-state index contributed by atoms with van der Waals surface area (Å²) < 4.78 is 5.13. The number of hydrogen-bond acceptors (Lipinski definition) is 2. The normalized spacial score (nSPS) is 10.3. The number of hydrogen-bond donors (Lipinski definition) is 1. The lowest BCUT2D eigenvalue weighted by Gasteiger charge is -1.91. The van der Waals surface area contributed by atoms with Crippen LogP contribution in [0, 0.1) is 0 Å². The smallest absolute Gasteiger partial charge is 0.248 e. The third kappa shape index (κ3) is 0.955. The number of amides is 1. The van der Waals surface area contributed by atoms with Crippen LogP contribution in [-0.4, -0.2) is 5.91 Å². The Morgan fingerprint density at radius 2 is 2.25 bits per heavy atom. The van der Waals surface area contributed by atoms with Gasteiger partial charge in [0.05, 0.1) is 6.26 Å². The van der Waals surface area contributed by atoms with E-state index in [4.69, 9.17) is 10.2 Å². The summed E-state index contributed by atoms with van der Waals surface area (Å²) in [5.74, 6) is 0.257. The Hall–Kier alpha value is -1.77. The van der Waals surface area contributed by atoms with E-state index in [1.54, 1.807) is 24.5 Å². The second kappa shape index (κ2) is 2.37. The lowest BCUT2D eigenvalue weighted by atomic mass is 10.3. The van der Waals surface area contributed by atoms with E-state index in [2.05, 4.69) is 0 Å². The Balaban J connectivity index is 2.63. The highest BCUT2D eigenvalue weighted by Gasteiger charge is 2.10. The average molecular weight is 161 g/mol. The van der Waals surface area contributed by atoms with Crippen molar-refractivity contribution in [2.45, 2.75) is 0 Å². The van der Waals surface area contributed by atoms with Crippen LogP contribution >= 0.6 is 0 Å². The molecule has 0 saturated carbocycles. The Morgan fingerprint density at radius 1 is 1.42 bits per heavy atom. The molecule has 12 heavy (non-hydrogen) atoms. The first-order valence-electron chi connectivity index (χ1n) is 3.54. The highest BCUT2D eigenvalue weighted by atomic mass is 16.3. The first-order valence-corrected chi connectivity index (χ1v) is 3.54. The van der Waals surface area contributed by atoms with Crippen molar-refractivity contribution in [3.05, 3.63) is 36.1 Å². The molecule has 0 aromatic rings. The van der Waals surface area contributed by atoms with Crippen LogP contribution in [0.4, 0.5) is 0 Å². The Labute approximate surface area is 69.1 Å². The van der Waals surface area contributed by atoms with Gasteiger partial charge in [0.15, 0.2) is 0 Å². The molecule has 1 aliphatic heterocycles. The molecule has 1 heterocycles. The Morgan fingerprint density at radius 3 is 2.92 bits per heavy atom. The van der Waals surface area contributed by atoms with Gasteiger partial charge in [-0.1, -0.05) is 0 Å². The van der Waals surface area contributed by atoms with Crippen LogP contribution in [0.2, 0.25) is 0 Å². The minimum absolute atomic E-state index is 0.429. The van der Waals surface area contributed by atoms with Gasteiger partial charge in [0.1, 0.15) is 5.76 Å². The lowest BCUT2D eigenvalue weighted by Crippen LogP contribution is -2.08. The fourth-order valence-electron chi connectivity index (χ4n) is 1.14. The second-order valence-corrected chi connectivity index (χ2v) is 2.54. The third-order valence-electron chi connectivity index (χ3n) is 1.72. The zero-order chi connectivity index (χ0) is 8.55. The van der Waals surface area contributed by atoms with Gasteiger partial charge in [-0.15, -0.1) is 0 Å². The largest absolute Gasteiger partial charge is 0.464 e. The van der Waals surface area contributed by atoms with Crippen molar-refractivity contribution in [1.82, 2.24) is 0 Å². The van der Waals surface area contributed by atoms with Crippen LogP contribution in [0.1, 0.15) is 10.4 Å². The number of carbonyl (C=O) groups is 1. The highest BCUT2D eigenvalue weighted by molar-refractivity contribution is 5.96. The molecule has 0 radical (unpaired) electrons. The molecular formula is C9H7NO2. The molecule has 1 amide bonds. The summed E-state index contributed by atoms with van der Waals surface area (Å²) in [6.45, 7) is 0. The molecule has 0 spiro atoms. The fourth-order valence-corrected chi connectivity index (χ4v) is 1.14. The van der Waals surface area contributed by atoms with Gasteiger partial charge in [-0.2, -0.15) is 0 Å². The molecule has 3 heteroatoms. The molecular weight excluding hydrogens is 154 g/mol. The molecule has 60 valence electrons. The summed E-state index contributed by atoms with van der Waals surface area (Å²) in [6, 6.07) is 6.98. The number of carbonyl (C=O) groups excluding carboxylic acids is 1. The van der Waals surface area contributed by atoms with Crippen LogP contribution in [0.5, 0.6) is 0 Å². The van der Waals surface area contributed by atoms with Gasteiger partial charge in [-0.25, -0.2) is 0 Å². The van der Waals surface area contributed by atoms with Crippen molar-refractivity contribution < 1.29 is 9.21 Å². The monoisotopic (exact) mass is 161 g/mol. The van der Waals surface area contributed by atoms with Crippen molar-refractivity contribution >= 4 is 5.91 Å². The van der Waals surface area contributed by atoms with E-state index in [9.17, 15) is 4.79 Å². The van der Waals surface area contributed by atoms with Gasteiger partial charge in [-0.3, -0.25) is 4.79 Å². The summed E-state index contributed by atoms with van der Waals surface area (Å²) in [6.07, 6.45) is 1.56. The predicted molar refractivity (Wildman–Crippen MR) is 43.8 cm³/mol. The topological polar surface area (TPSA) is 56.2 Å². The summed E-state index contributed by atoms with van der Waals surface area (Å²) >= 11 is 0. The molecule has 2 aliphatic rings. The zero-order valence-corrected chi connectivity index (χ0v) is 6.28. The summed E-state index contributed by atoms with van der Waals surface area (Å²) in [7, 11) is 0. The minimum Gasteiger partial charge on any atom is -0.464 e. The zero-order valence-electron chi connectivity index (χ0n) is 6.28. The van der Waals surface area contributed by atoms with Crippen molar-refractivity contribution in [1.29, 1.82) is 0 Å². The standard InChI is InChI=1S/C9H7NO2/c10-9(11)7-4-6-2-1-3-12-8(6)5-7/h1-5H,(H2,10,11). The molecule has 0 bridgehead atoms. The van der Waals surface area contributed by atoms with Crippen LogP contribution in [0.25, 0.3) is 11.3 Å². The molecule has 0 atom stereocenters. The number of primary amides is 1. The van der Waals surface area contributed by atoms with Crippen molar-refractivity contribution in [3.8, 4) is 11.3 Å². The number of fused-ring (bicyclic) bond motifs is 1. The average Bonchev–Trinajstić information content (AvgIpc) is 2.46. The van der Waals surface area contributed by atoms with E-state index in [0.717, 1.165) is 5.56 Å². The molecule has 3 nitrogen and oxygen atoms in total. The van der Waals surface area contributed by atoms with Crippen molar-refractivity contribution in [2.24, 2.45) is 5.73 Å². The predicted octanol–water partition coefficient (Wildman–Crippen LogP) is 1.48. The highest BCUT2D eigenvalue weighted by Crippen LogP contribution is 2.24. The van der Waals surface area contributed by atoms with E-state index in [-0.39, 0.29) is 0 Å². The van der Waals surface area contributed by atoms with Gasteiger partial charge in [0.2, 0.25) is 5.91 Å². The van der Waals surface area contributed by atoms with E-state index in [0.29, 0.717) is 11.3 Å². The molecule has 2 rings (SSSR count). The van der Waals surface area contributed by atoms with E-state index in [1.807, 2.05) is 6.07 Å². The maximum Gasteiger partial charge on any atom is 0.248 e. The molecule has 1 aliphatic carbocycles. The molecule has 0 fully saturated rings. The molecule has 0 saturated heterocycles. The second-order valence-electron chi connectivity index (χ2n) is 2.54. The van der Waals surface area contributed by atoms with E-state index in [1.165, 1.54) is 0 Å². The maximum absolute atomic E-state index is 10.8. The third-order valence-corrected chi connectivity index (χ3v) is 1.72. The van der Waals surface area contributed by atoms with Gasteiger partial charge < -0.3 is 10.2 Å². The van der Waals surface area contributed by atoms with Gasteiger partial charge in [-0.05, 0) is 24.3 Å². The molecule has 0 aromatic carbocycles. The summed E-state index contributed by atoms with van der Waals surface area (Å²) in [4.78, 5) is 10.8. The first kappa shape index (κ1) is 6.91. The fraction of sp³-hybridized carbons (Fsp3) is 0. The number of nitrogens with two attached hydrogens (primary N) is 1. The quantitative estimate of drug-likeness (QED) is 0.688. The van der Waals surface area contributed by atoms with Crippen molar-refractivity contribution in [3.63, 3.8) is 0 Å². The summed E-state index contributed by atoms with van der Waals surface area (Å²) in [5.41, 5.74) is 6.48. The lowest BCUT2D eigenvalue weighted by molar-refractivity contribution is 0.100. The SMILES string of the molecule is NC(=O)c1cc2cccoc-2c1. The van der Waals surface area contributed by atoms with E-state index < -0.39 is 5.91 Å².